The molecule has 0 aliphatic carbocycles. The van der Waals surface area contributed by atoms with Gasteiger partial charge in [-0.1, -0.05) is 15.9 Å². The van der Waals surface area contributed by atoms with Crippen molar-refractivity contribution < 1.29 is 14.5 Å². The smallest absolute Gasteiger partial charge is 0.327 e. The number of nitro groups is 1. The van der Waals surface area contributed by atoms with Crippen molar-refractivity contribution in [3.8, 4) is 0 Å². The van der Waals surface area contributed by atoms with Gasteiger partial charge in [0.2, 0.25) is 0 Å². The molecular weight excluding hydrogens is 304 g/mol. The molecule has 0 saturated carbocycles. The predicted octanol–water partition coefficient (Wildman–Crippen LogP) is 2.64. The number of carbonyl (C=O) groups is 1. The van der Waals surface area contributed by atoms with Gasteiger partial charge < -0.3 is 10.1 Å². The number of benzene rings is 1. The van der Waals surface area contributed by atoms with Crippen LogP contribution in [0.1, 0.15) is 12.5 Å². The van der Waals surface area contributed by atoms with Crippen LogP contribution >= 0.6 is 15.9 Å². The first-order valence-electron chi connectivity index (χ1n) is 5.15. The maximum Gasteiger partial charge on any atom is 0.327 e. The Morgan fingerprint density at radius 3 is 2.67 bits per heavy atom. The summed E-state index contributed by atoms with van der Waals surface area (Å²) in [5.74, 6) is -0.480. The van der Waals surface area contributed by atoms with Crippen LogP contribution in [0.15, 0.2) is 16.6 Å². The maximum atomic E-state index is 11.3. The van der Waals surface area contributed by atoms with Crippen LogP contribution in [0.25, 0.3) is 0 Å². The molecule has 0 bridgehead atoms. The highest BCUT2D eigenvalue weighted by atomic mass is 79.9. The van der Waals surface area contributed by atoms with Gasteiger partial charge in [0.25, 0.3) is 5.69 Å². The highest BCUT2D eigenvalue weighted by Crippen LogP contribution is 2.32. The molecular formula is C11H13BrN2O4. The second-order valence-corrected chi connectivity index (χ2v) is 4.68. The van der Waals surface area contributed by atoms with Crippen LogP contribution < -0.4 is 5.32 Å². The lowest BCUT2D eigenvalue weighted by Gasteiger charge is -2.15. The number of carbonyl (C=O) groups excluding carboxylic acids is 1. The van der Waals surface area contributed by atoms with Crippen LogP contribution in [0.4, 0.5) is 11.4 Å². The third-order valence-corrected chi connectivity index (χ3v) is 2.85. The van der Waals surface area contributed by atoms with Gasteiger partial charge in [0.05, 0.1) is 12.0 Å². The Morgan fingerprint density at radius 1 is 1.56 bits per heavy atom. The summed E-state index contributed by atoms with van der Waals surface area (Å²) in [6, 6.07) is 2.46. The summed E-state index contributed by atoms with van der Waals surface area (Å²) in [7, 11) is 1.27. The van der Waals surface area contributed by atoms with Crippen molar-refractivity contribution in [1.82, 2.24) is 0 Å². The summed E-state index contributed by atoms with van der Waals surface area (Å²) in [5, 5.41) is 13.8. The van der Waals surface area contributed by atoms with E-state index in [4.69, 9.17) is 0 Å². The zero-order chi connectivity index (χ0) is 13.9. The second-order valence-electron chi connectivity index (χ2n) is 3.76. The number of nitrogens with one attached hydrogen (secondary N) is 1. The largest absolute Gasteiger partial charge is 0.467 e. The van der Waals surface area contributed by atoms with E-state index in [-0.39, 0.29) is 5.69 Å². The van der Waals surface area contributed by atoms with Gasteiger partial charge in [-0.05, 0) is 25.5 Å². The number of methoxy groups -OCH3 is 1. The average molecular weight is 317 g/mol. The number of nitro benzene ring substituents is 1. The monoisotopic (exact) mass is 316 g/mol. The topological polar surface area (TPSA) is 81.5 Å². The minimum atomic E-state index is -0.659. The van der Waals surface area contributed by atoms with Gasteiger partial charge in [0, 0.05) is 10.5 Å². The van der Waals surface area contributed by atoms with Gasteiger partial charge in [0.15, 0.2) is 0 Å². The SMILES string of the molecule is COC(=O)[C@H](C)Nc1c(C)cc(Br)cc1[N+](=O)[O-]. The van der Waals surface area contributed by atoms with Crippen LogP contribution in [0, 0.1) is 17.0 Å². The molecule has 0 saturated heterocycles. The summed E-state index contributed by atoms with van der Waals surface area (Å²) in [6.07, 6.45) is 0. The fourth-order valence-electron chi connectivity index (χ4n) is 1.51. The van der Waals surface area contributed by atoms with Crippen molar-refractivity contribution in [3.63, 3.8) is 0 Å². The average Bonchev–Trinajstić information content (AvgIpc) is 2.30. The van der Waals surface area contributed by atoms with Crippen molar-refractivity contribution in [2.75, 3.05) is 12.4 Å². The zero-order valence-corrected chi connectivity index (χ0v) is 11.8. The van der Waals surface area contributed by atoms with Crippen LogP contribution in [0.5, 0.6) is 0 Å². The van der Waals surface area contributed by atoms with Crippen molar-refractivity contribution in [3.05, 3.63) is 32.3 Å². The lowest BCUT2D eigenvalue weighted by Crippen LogP contribution is -2.27. The minimum absolute atomic E-state index is 0.0855. The molecule has 0 amide bonds. The van der Waals surface area contributed by atoms with E-state index >= 15 is 0 Å². The molecule has 0 spiro atoms. The first kappa shape index (κ1) is 14.4. The fourth-order valence-corrected chi connectivity index (χ4v) is 2.07. The molecule has 1 atom stereocenters. The van der Waals surface area contributed by atoms with Gasteiger partial charge in [-0.2, -0.15) is 0 Å². The van der Waals surface area contributed by atoms with Crippen molar-refractivity contribution >= 4 is 33.3 Å². The molecule has 1 aromatic carbocycles. The van der Waals surface area contributed by atoms with Gasteiger partial charge >= 0.3 is 5.97 Å². The number of rotatable bonds is 4. The van der Waals surface area contributed by atoms with E-state index in [0.29, 0.717) is 15.7 Å². The number of ether oxygens (including phenoxy) is 1. The Labute approximate surface area is 113 Å². The standard InChI is InChI=1S/C11H13BrN2O4/c1-6-4-8(12)5-9(14(16)17)10(6)13-7(2)11(15)18-3/h4-5,7,13H,1-3H3/t7-/m0/s1. The summed E-state index contributed by atoms with van der Waals surface area (Å²) < 4.78 is 5.18. The lowest BCUT2D eigenvalue weighted by molar-refractivity contribution is -0.384. The quantitative estimate of drug-likeness (QED) is 0.524. The molecule has 18 heavy (non-hydrogen) atoms. The zero-order valence-electron chi connectivity index (χ0n) is 10.2. The fraction of sp³-hybridized carbons (Fsp3) is 0.364. The number of nitrogens with zero attached hydrogens (tertiary/aromatic N) is 1. The van der Waals surface area contributed by atoms with Crippen molar-refractivity contribution in [2.45, 2.75) is 19.9 Å². The molecule has 6 nitrogen and oxygen atoms in total. The Balaban J connectivity index is 3.15. The Bertz CT molecular complexity index is 490. The normalized spacial score (nSPS) is 11.8. The van der Waals surface area contributed by atoms with Gasteiger partial charge in [-0.15, -0.1) is 0 Å². The highest BCUT2D eigenvalue weighted by molar-refractivity contribution is 9.10. The predicted molar refractivity (Wildman–Crippen MR) is 70.6 cm³/mol. The van der Waals surface area contributed by atoms with E-state index in [0.717, 1.165) is 0 Å². The molecule has 0 aliphatic rings. The number of hydrogen-bond acceptors (Lipinski definition) is 5. The minimum Gasteiger partial charge on any atom is -0.467 e. The van der Waals surface area contributed by atoms with E-state index < -0.39 is 16.9 Å². The van der Waals surface area contributed by atoms with E-state index in [1.54, 1.807) is 19.9 Å². The van der Waals surface area contributed by atoms with Crippen LogP contribution in [0.2, 0.25) is 0 Å². The molecule has 1 rings (SSSR count). The second kappa shape index (κ2) is 5.81. The van der Waals surface area contributed by atoms with Gasteiger partial charge in [-0.25, -0.2) is 4.79 Å². The van der Waals surface area contributed by atoms with Crippen LogP contribution in [0.3, 0.4) is 0 Å². The summed E-state index contributed by atoms with van der Waals surface area (Å²) in [4.78, 5) is 21.8. The molecule has 98 valence electrons. The Kier molecular flexibility index (Phi) is 4.66. The number of halogens is 1. The number of hydrogen-bond donors (Lipinski definition) is 1. The van der Waals surface area contributed by atoms with Crippen molar-refractivity contribution in [1.29, 1.82) is 0 Å². The van der Waals surface area contributed by atoms with Crippen LogP contribution in [-0.4, -0.2) is 24.0 Å². The van der Waals surface area contributed by atoms with Gasteiger partial charge in [0.1, 0.15) is 11.7 Å². The first-order chi connectivity index (χ1) is 8.36. The molecule has 0 aliphatic heterocycles. The number of anilines is 1. The van der Waals surface area contributed by atoms with Gasteiger partial charge in [-0.3, -0.25) is 10.1 Å². The molecule has 1 aromatic rings. The summed E-state index contributed by atoms with van der Waals surface area (Å²) in [6.45, 7) is 3.31. The van der Waals surface area contributed by atoms with E-state index in [9.17, 15) is 14.9 Å². The lowest BCUT2D eigenvalue weighted by atomic mass is 10.1. The molecule has 0 unspecified atom stereocenters. The van der Waals surface area contributed by atoms with Crippen molar-refractivity contribution in [2.24, 2.45) is 0 Å². The number of esters is 1. The summed E-state index contributed by atoms with van der Waals surface area (Å²) in [5.41, 5.74) is 0.908. The maximum absolute atomic E-state index is 11.3. The Morgan fingerprint density at radius 2 is 2.17 bits per heavy atom. The van der Waals surface area contributed by atoms with E-state index in [1.807, 2.05) is 0 Å². The molecule has 1 N–H and O–H groups in total. The third kappa shape index (κ3) is 3.19. The van der Waals surface area contributed by atoms with E-state index in [2.05, 4.69) is 26.0 Å². The molecule has 0 heterocycles. The highest BCUT2D eigenvalue weighted by Gasteiger charge is 2.21. The third-order valence-electron chi connectivity index (χ3n) is 2.39. The number of aryl methyl sites for hydroxylation is 1. The Hall–Kier alpha value is -1.63. The van der Waals surface area contributed by atoms with E-state index in [1.165, 1.54) is 13.2 Å². The molecule has 0 radical (unpaired) electrons. The molecule has 0 fully saturated rings. The molecule has 0 aromatic heterocycles. The summed E-state index contributed by atoms with van der Waals surface area (Å²) >= 11 is 3.20. The molecule has 7 heteroatoms. The first-order valence-corrected chi connectivity index (χ1v) is 5.95. The van der Waals surface area contributed by atoms with Crippen LogP contribution in [-0.2, 0) is 9.53 Å².